The normalized spacial score (nSPS) is 19.8. The first-order chi connectivity index (χ1) is 9.65. The maximum absolute atomic E-state index is 11.2. The number of anilines is 1. The molecule has 5 heteroatoms. The molecule has 2 rings (SSSR count). The van der Waals surface area contributed by atoms with E-state index in [0.717, 1.165) is 30.8 Å². The van der Waals surface area contributed by atoms with Gasteiger partial charge in [0.1, 0.15) is 0 Å². The number of aliphatic hydroxyl groups is 1. The van der Waals surface area contributed by atoms with Crippen molar-refractivity contribution < 1.29 is 14.6 Å². The van der Waals surface area contributed by atoms with E-state index in [1.54, 1.807) is 0 Å². The van der Waals surface area contributed by atoms with Crippen LogP contribution in [0, 0.1) is 0 Å². The highest BCUT2D eigenvalue weighted by atomic mass is 16.5. The first-order valence-corrected chi connectivity index (χ1v) is 7.02. The van der Waals surface area contributed by atoms with Crippen LogP contribution in [0.1, 0.15) is 31.4 Å². The van der Waals surface area contributed by atoms with E-state index in [4.69, 9.17) is 0 Å². The van der Waals surface area contributed by atoms with E-state index in [0.29, 0.717) is 6.42 Å². The molecule has 2 atom stereocenters. The Bertz CT molecular complexity index is 464. The number of amides is 1. The highest BCUT2D eigenvalue weighted by Crippen LogP contribution is 2.30. The molecular formula is C15H22N2O3. The van der Waals surface area contributed by atoms with E-state index >= 15 is 0 Å². The second-order valence-corrected chi connectivity index (χ2v) is 5.05. The van der Waals surface area contributed by atoms with Gasteiger partial charge in [-0.05, 0) is 18.9 Å². The van der Waals surface area contributed by atoms with Crippen LogP contribution in [-0.2, 0) is 4.74 Å². The van der Waals surface area contributed by atoms with Gasteiger partial charge in [0.05, 0.1) is 19.3 Å². The van der Waals surface area contributed by atoms with Gasteiger partial charge in [0.15, 0.2) is 0 Å². The molecule has 0 radical (unpaired) electrons. The Labute approximate surface area is 119 Å². The number of hydrogen-bond acceptors (Lipinski definition) is 4. The number of ether oxygens (including phenoxy) is 1. The predicted octanol–water partition coefficient (Wildman–Crippen LogP) is 2.06. The van der Waals surface area contributed by atoms with Crippen LogP contribution in [0.25, 0.3) is 0 Å². The van der Waals surface area contributed by atoms with Crippen molar-refractivity contribution in [3.8, 4) is 0 Å². The van der Waals surface area contributed by atoms with Gasteiger partial charge in [-0.25, -0.2) is 4.79 Å². The van der Waals surface area contributed by atoms with E-state index in [-0.39, 0.29) is 6.04 Å². The molecule has 5 nitrogen and oxygen atoms in total. The van der Waals surface area contributed by atoms with Crippen molar-refractivity contribution in [2.75, 3.05) is 25.1 Å². The Morgan fingerprint density at radius 2 is 2.30 bits per heavy atom. The number of carbonyl (C=O) groups is 1. The standard InChI is InChI=1S/C15H22N2O3/c1-3-14(18)12-6-4-5-7-13(12)17-9-8-11(10-17)16-15(19)20-2/h4-7,11,14,18H,3,8-10H2,1-2H3,(H,16,19)/t11?,14-/m0/s1. The summed E-state index contributed by atoms with van der Waals surface area (Å²) >= 11 is 0. The number of methoxy groups -OCH3 is 1. The summed E-state index contributed by atoms with van der Waals surface area (Å²) in [5.41, 5.74) is 2.00. The highest BCUT2D eigenvalue weighted by Gasteiger charge is 2.26. The Hall–Kier alpha value is -1.75. The number of hydrogen-bond donors (Lipinski definition) is 2. The molecule has 0 saturated carbocycles. The first kappa shape index (κ1) is 14.7. The average Bonchev–Trinajstić information content (AvgIpc) is 2.94. The smallest absolute Gasteiger partial charge is 0.407 e. The topological polar surface area (TPSA) is 61.8 Å². The van der Waals surface area contributed by atoms with Crippen LogP contribution < -0.4 is 10.2 Å². The average molecular weight is 278 g/mol. The van der Waals surface area contributed by atoms with Crippen LogP contribution in [0.3, 0.4) is 0 Å². The lowest BCUT2D eigenvalue weighted by atomic mass is 10.0. The van der Waals surface area contributed by atoms with Gasteiger partial charge in [-0.15, -0.1) is 0 Å². The maximum atomic E-state index is 11.2. The van der Waals surface area contributed by atoms with Crippen LogP contribution in [0.4, 0.5) is 10.5 Å². The molecule has 0 spiro atoms. The Morgan fingerprint density at radius 3 is 3.00 bits per heavy atom. The quantitative estimate of drug-likeness (QED) is 0.885. The molecule has 1 amide bonds. The molecule has 2 N–H and O–H groups in total. The van der Waals surface area contributed by atoms with Gasteiger partial charge in [-0.2, -0.15) is 0 Å². The van der Waals surface area contributed by atoms with E-state index < -0.39 is 12.2 Å². The van der Waals surface area contributed by atoms with E-state index in [2.05, 4.69) is 15.0 Å². The summed E-state index contributed by atoms with van der Waals surface area (Å²) < 4.78 is 4.62. The van der Waals surface area contributed by atoms with Gasteiger partial charge in [0, 0.05) is 24.3 Å². The molecule has 0 aliphatic carbocycles. The largest absolute Gasteiger partial charge is 0.453 e. The summed E-state index contributed by atoms with van der Waals surface area (Å²) in [6, 6.07) is 7.99. The number of nitrogens with zero attached hydrogens (tertiary/aromatic N) is 1. The molecule has 1 unspecified atom stereocenters. The highest BCUT2D eigenvalue weighted by molar-refractivity contribution is 5.67. The van der Waals surface area contributed by atoms with Crippen LogP contribution in [0.15, 0.2) is 24.3 Å². The van der Waals surface area contributed by atoms with Crippen LogP contribution in [0.2, 0.25) is 0 Å². The van der Waals surface area contributed by atoms with Crippen molar-refractivity contribution in [2.24, 2.45) is 0 Å². The van der Waals surface area contributed by atoms with E-state index in [1.807, 2.05) is 31.2 Å². The number of carbonyl (C=O) groups excluding carboxylic acids is 1. The monoisotopic (exact) mass is 278 g/mol. The van der Waals surface area contributed by atoms with Gasteiger partial charge < -0.3 is 20.1 Å². The van der Waals surface area contributed by atoms with Crippen LogP contribution >= 0.6 is 0 Å². The molecule has 1 fully saturated rings. The molecule has 1 saturated heterocycles. The predicted molar refractivity (Wildman–Crippen MR) is 77.9 cm³/mol. The zero-order valence-electron chi connectivity index (χ0n) is 12.0. The molecule has 1 aliphatic heterocycles. The summed E-state index contributed by atoms with van der Waals surface area (Å²) in [4.78, 5) is 13.4. The molecule has 1 aromatic carbocycles. The van der Waals surface area contributed by atoms with Crippen molar-refractivity contribution in [1.29, 1.82) is 0 Å². The fraction of sp³-hybridized carbons (Fsp3) is 0.533. The van der Waals surface area contributed by atoms with Gasteiger partial charge >= 0.3 is 6.09 Å². The molecule has 1 heterocycles. The molecule has 0 bridgehead atoms. The number of para-hydroxylation sites is 1. The SMILES string of the molecule is CC[C@H](O)c1ccccc1N1CCC(NC(=O)OC)C1. The number of alkyl carbamates (subject to hydrolysis) is 1. The number of aliphatic hydroxyl groups excluding tert-OH is 1. The summed E-state index contributed by atoms with van der Waals surface area (Å²) in [5, 5.41) is 12.9. The van der Waals surface area contributed by atoms with Crippen LogP contribution in [-0.4, -0.2) is 37.4 Å². The fourth-order valence-corrected chi connectivity index (χ4v) is 2.60. The zero-order chi connectivity index (χ0) is 14.5. The molecule has 0 aromatic heterocycles. The Balaban J connectivity index is 2.08. The Morgan fingerprint density at radius 1 is 1.55 bits per heavy atom. The summed E-state index contributed by atoms with van der Waals surface area (Å²) in [6.07, 6.45) is 0.734. The van der Waals surface area contributed by atoms with Crippen molar-refractivity contribution in [1.82, 2.24) is 5.32 Å². The Kier molecular flexibility index (Phi) is 4.84. The second-order valence-electron chi connectivity index (χ2n) is 5.05. The third-order valence-corrected chi connectivity index (χ3v) is 3.72. The minimum absolute atomic E-state index is 0.0919. The minimum atomic E-state index is -0.446. The van der Waals surface area contributed by atoms with Gasteiger partial charge in [0.2, 0.25) is 0 Å². The van der Waals surface area contributed by atoms with Crippen molar-refractivity contribution in [3.05, 3.63) is 29.8 Å². The lowest BCUT2D eigenvalue weighted by Crippen LogP contribution is -2.37. The number of nitrogens with one attached hydrogen (secondary N) is 1. The first-order valence-electron chi connectivity index (χ1n) is 7.02. The van der Waals surface area contributed by atoms with E-state index in [9.17, 15) is 9.90 Å². The summed E-state index contributed by atoms with van der Waals surface area (Å²) in [7, 11) is 1.37. The second kappa shape index (κ2) is 6.61. The minimum Gasteiger partial charge on any atom is -0.453 e. The van der Waals surface area contributed by atoms with Crippen molar-refractivity contribution in [3.63, 3.8) is 0 Å². The summed E-state index contributed by atoms with van der Waals surface area (Å²) in [6.45, 7) is 3.57. The molecule has 20 heavy (non-hydrogen) atoms. The van der Waals surface area contributed by atoms with Gasteiger partial charge in [0.25, 0.3) is 0 Å². The maximum Gasteiger partial charge on any atom is 0.407 e. The molecule has 1 aliphatic rings. The molecule has 110 valence electrons. The lowest BCUT2D eigenvalue weighted by Gasteiger charge is -2.24. The molecular weight excluding hydrogens is 256 g/mol. The van der Waals surface area contributed by atoms with Crippen molar-refractivity contribution >= 4 is 11.8 Å². The third-order valence-electron chi connectivity index (χ3n) is 3.72. The van der Waals surface area contributed by atoms with Crippen molar-refractivity contribution in [2.45, 2.75) is 31.9 Å². The molecule has 1 aromatic rings. The van der Waals surface area contributed by atoms with Gasteiger partial charge in [-0.3, -0.25) is 0 Å². The zero-order valence-corrected chi connectivity index (χ0v) is 12.0. The third kappa shape index (κ3) is 3.22. The lowest BCUT2D eigenvalue weighted by molar-refractivity contribution is 0.167. The van der Waals surface area contributed by atoms with Crippen LogP contribution in [0.5, 0.6) is 0 Å². The fourth-order valence-electron chi connectivity index (χ4n) is 2.60. The number of benzene rings is 1. The van der Waals surface area contributed by atoms with Gasteiger partial charge in [-0.1, -0.05) is 25.1 Å². The summed E-state index contributed by atoms with van der Waals surface area (Å²) in [5.74, 6) is 0. The van der Waals surface area contributed by atoms with E-state index in [1.165, 1.54) is 7.11 Å². The number of rotatable bonds is 4.